The van der Waals surface area contributed by atoms with E-state index in [1.165, 1.54) is 0 Å². The van der Waals surface area contributed by atoms with Crippen LogP contribution in [0.2, 0.25) is 0 Å². The Balaban J connectivity index is 2.73. The zero-order valence-electron chi connectivity index (χ0n) is 9.12. The maximum Gasteiger partial charge on any atom is 0.0573 e. The van der Waals surface area contributed by atoms with Crippen LogP contribution in [0.15, 0.2) is 30.3 Å². The molecule has 0 spiro atoms. The second-order valence-electron chi connectivity index (χ2n) is 4.86. The fourth-order valence-corrected chi connectivity index (χ4v) is 1.54. The van der Waals surface area contributed by atoms with Crippen LogP contribution >= 0.6 is 0 Å². The second-order valence-corrected chi connectivity index (χ2v) is 4.86. The van der Waals surface area contributed by atoms with Gasteiger partial charge in [0.1, 0.15) is 0 Å². The van der Waals surface area contributed by atoms with Gasteiger partial charge in [0.15, 0.2) is 0 Å². The molecule has 1 aromatic carbocycles. The highest BCUT2D eigenvalue weighted by Gasteiger charge is 2.19. The summed E-state index contributed by atoms with van der Waals surface area (Å²) in [4.78, 5) is 0. The minimum Gasteiger partial charge on any atom is -0.316 e. The number of rotatable bonds is 3. The van der Waals surface area contributed by atoms with Gasteiger partial charge in [-0.25, -0.2) is 0 Å². The van der Waals surface area contributed by atoms with Gasteiger partial charge in [0.2, 0.25) is 0 Å². The van der Waals surface area contributed by atoms with E-state index < -0.39 is 0 Å². The molecule has 0 aliphatic carbocycles. The smallest absolute Gasteiger partial charge is 0.0573 e. The summed E-state index contributed by atoms with van der Waals surface area (Å²) >= 11 is 0. The fourth-order valence-electron chi connectivity index (χ4n) is 1.54. The van der Waals surface area contributed by atoms with E-state index in [1.54, 1.807) is 0 Å². The van der Waals surface area contributed by atoms with Crippen LogP contribution in [-0.4, -0.2) is 5.21 Å². The van der Waals surface area contributed by atoms with E-state index >= 15 is 0 Å². The molecule has 1 unspecified atom stereocenters. The van der Waals surface area contributed by atoms with E-state index in [4.69, 9.17) is 5.21 Å². The highest BCUT2D eigenvalue weighted by atomic mass is 16.5. The van der Waals surface area contributed by atoms with E-state index in [0.717, 1.165) is 12.0 Å². The lowest BCUT2D eigenvalue weighted by molar-refractivity contribution is 0.103. The number of hydrogen-bond acceptors (Lipinski definition) is 2. The lowest BCUT2D eigenvalue weighted by Gasteiger charge is -2.25. The van der Waals surface area contributed by atoms with Gasteiger partial charge in [-0.2, -0.15) is 5.48 Å². The maximum atomic E-state index is 9.09. The molecule has 0 fully saturated rings. The van der Waals surface area contributed by atoms with Gasteiger partial charge in [-0.15, -0.1) is 0 Å². The number of hydrogen-bond donors (Lipinski definition) is 2. The molecule has 0 saturated carbocycles. The van der Waals surface area contributed by atoms with E-state index in [2.05, 4.69) is 26.3 Å². The zero-order chi connectivity index (χ0) is 10.6. The topological polar surface area (TPSA) is 32.3 Å². The van der Waals surface area contributed by atoms with Crippen LogP contribution in [0.25, 0.3) is 0 Å². The van der Waals surface area contributed by atoms with Crippen molar-refractivity contribution in [3.8, 4) is 0 Å². The van der Waals surface area contributed by atoms with Crippen molar-refractivity contribution in [2.75, 3.05) is 0 Å². The van der Waals surface area contributed by atoms with E-state index in [9.17, 15) is 0 Å². The van der Waals surface area contributed by atoms with Gasteiger partial charge < -0.3 is 5.21 Å². The molecule has 2 N–H and O–H groups in total. The molecule has 0 aliphatic rings. The van der Waals surface area contributed by atoms with Gasteiger partial charge >= 0.3 is 0 Å². The Bertz CT molecular complexity index is 263. The van der Waals surface area contributed by atoms with Crippen LogP contribution in [0.3, 0.4) is 0 Å². The monoisotopic (exact) mass is 193 g/mol. The van der Waals surface area contributed by atoms with Crippen molar-refractivity contribution in [1.29, 1.82) is 0 Å². The molecule has 78 valence electrons. The predicted molar refractivity (Wildman–Crippen MR) is 58.2 cm³/mol. The molecule has 1 rings (SSSR count). The highest BCUT2D eigenvalue weighted by molar-refractivity contribution is 5.18. The van der Waals surface area contributed by atoms with E-state index in [0.29, 0.717) is 0 Å². The van der Waals surface area contributed by atoms with Crippen LogP contribution in [-0.2, 0) is 0 Å². The molecule has 0 bridgehead atoms. The zero-order valence-corrected chi connectivity index (χ0v) is 9.12. The Morgan fingerprint density at radius 3 is 2.21 bits per heavy atom. The van der Waals surface area contributed by atoms with Crippen molar-refractivity contribution in [2.45, 2.75) is 33.2 Å². The molecule has 14 heavy (non-hydrogen) atoms. The summed E-state index contributed by atoms with van der Waals surface area (Å²) in [5.74, 6) is 0. The highest BCUT2D eigenvalue weighted by Crippen LogP contribution is 2.28. The Labute approximate surface area is 85.9 Å². The standard InChI is InChI=1S/C12H19NO/c1-12(2,3)9-11(13-14)10-7-5-4-6-8-10/h4-8,11,13-14H,9H2,1-3H3. The SMILES string of the molecule is CC(C)(C)CC(NO)c1ccccc1. The lowest BCUT2D eigenvalue weighted by atomic mass is 9.86. The third-order valence-corrected chi connectivity index (χ3v) is 2.17. The van der Waals surface area contributed by atoms with Crippen LogP contribution in [0.5, 0.6) is 0 Å². The van der Waals surface area contributed by atoms with Crippen molar-refractivity contribution in [2.24, 2.45) is 5.41 Å². The summed E-state index contributed by atoms with van der Waals surface area (Å²) in [6, 6.07) is 10.0. The van der Waals surface area contributed by atoms with Crippen molar-refractivity contribution in [1.82, 2.24) is 5.48 Å². The second kappa shape index (κ2) is 4.58. The first-order valence-corrected chi connectivity index (χ1v) is 4.97. The van der Waals surface area contributed by atoms with Crippen LogP contribution in [0.4, 0.5) is 0 Å². The molecule has 0 aliphatic heterocycles. The average Bonchev–Trinajstić information content (AvgIpc) is 2.14. The van der Waals surface area contributed by atoms with E-state index in [1.807, 2.05) is 30.3 Å². The minimum atomic E-state index is 0.0243. The van der Waals surface area contributed by atoms with Gasteiger partial charge in [0.25, 0.3) is 0 Å². The molecule has 0 aromatic heterocycles. The van der Waals surface area contributed by atoms with Gasteiger partial charge in [0, 0.05) is 0 Å². The molecule has 2 heteroatoms. The van der Waals surface area contributed by atoms with Gasteiger partial charge in [-0.1, -0.05) is 51.1 Å². The van der Waals surface area contributed by atoms with Crippen LogP contribution in [0.1, 0.15) is 38.8 Å². The first-order valence-electron chi connectivity index (χ1n) is 4.97. The van der Waals surface area contributed by atoms with Crippen molar-refractivity contribution in [3.63, 3.8) is 0 Å². The predicted octanol–water partition coefficient (Wildman–Crippen LogP) is 3.14. The van der Waals surface area contributed by atoms with Crippen LogP contribution < -0.4 is 5.48 Å². The Morgan fingerprint density at radius 1 is 1.21 bits per heavy atom. The summed E-state index contributed by atoms with van der Waals surface area (Å²) in [5.41, 5.74) is 3.71. The van der Waals surface area contributed by atoms with Crippen LogP contribution in [0, 0.1) is 5.41 Å². The molecule has 1 aromatic rings. The number of benzene rings is 1. The first kappa shape index (κ1) is 11.2. The quantitative estimate of drug-likeness (QED) is 0.723. The molecular formula is C12H19NO. The summed E-state index contributed by atoms with van der Waals surface area (Å²) < 4.78 is 0. The molecule has 0 saturated heterocycles. The average molecular weight is 193 g/mol. The lowest BCUT2D eigenvalue weighted by Crippen LogP contribution is -2.22. The largest absolute Gasteiger partial charge is 0.316 e. The van der Waals surface area contributed by atoms with Crippen molar-refractivity contribution < 1.29 is 5.21 Å². The number of hydroxylamine groups is 1. The van der Waals surface area contributed by atoms with Gasteiger partial charge in [-0.05, 0) is 17.4 Å². The first-order chi connectivity index (χ1) is 6.53. The van der Waals surface area contributed by atoms with Gasteiger partial charge in [-0.3, -0.25) is 0 Å². The molecule has 0 amide bonds. The summed E-state index contributed by atoms with van der Waals surface area (Å²) in [6.45, 7) is 6.50. The molecular weight excluding hydrogens is 174 g/mol. The molecule has 2 nitrogen and oxygen atoms in total. The van der Waals surface area contributed by atoms with Gasteiger partial charge in [0.05, 0.1) is 6.04 Å². The molecule has 1 atom stereocenters. The third kappa shape index (κ3) is 3.48. The number of nitrogens with one attached hydrogen (secondary N) is 1. The summed E-state index contributed by atoms with van der Waals surface area (Å²) in [6.07, 6.45) is 0.910. The third-order valence-electron chi connectivity index (χ3n) is 2.17. The maximum absolute atomic E-state index is 9.09. The fraction of sp³-hybridized carbons (Fsp3) is 0.500. The van der Waals surface area contributed by atoms with Crippen molar-refractivity contribution >= 4 is 0 Å². The minimum absolute atomic E-state index is 0.0243. The van der Waals surface area contributed by atoms with E-state index in [-0.39, 0.29) is 11.5 Å². The normalized spacial score (nSPS) is 14.0. The molecule has 0 heterocycles. The Kier molecular flexibility index (Phi) is 3.67. The Morgan fingerprint density at radius 2 is 1.79 bits per heavy atom. The summed E-state index contributed by atoms with van der Waals surface area (Å²) in [7, 11) is 0. The molecule has 0 radical (unpaired) electrons. The van der Waals surface area contributed by atoms with Crippen molar-refractivity contribution in [3.05, 3.63) is 35.9 Å². The Hall–Kier alpha value is -0.860. The summed E-state index contributed by atoms with van der Waals surface area (Å²) in [5, 5.41) is 9.09.